The van der Waals surface area contributed by atoms with E-state index < -0.39 is 0 Å². The van der Waals surface area contributed by atoms with E-state index in [9.17, 15) is 9.59 Å². The van der Waals surface area contributed by atoms with Crippen LogP contribution >= 0.6 is 11.3 Å². The van der Waals surface area contributed by atoms with Gasteiger partial charge in [0.1, 0.15) is 13.2 Å². The Morgan fingerprint density at radius 3 is 2.51 bits per heavy atom. The molecule has 0 saturated heterocycles. The predicted molar refractivity (Wildman–Crippen MR) is 138 cm³/mol. The summed E-state index contributed by atoms with van der Waals surface area (Å²) in [5.74, 6) is 1.11. The van der Waals surface area contributed by atoms with Crippen LogP contribution in [0.1, 0.15) is 47.1 Å². The van der Waals surface area contributed by atoms with Crippen LogP contribution in [-0.2, 0) is 11.2 Å². The van der Waals surface area contributed by atoms with E-state index >= 15 is 0 Å². The van der Waals surface area contributed by atoms with Gasteiger partial charge in [0.25, 0.3) is 5.91 Å². The molecule has 0 fully saturated rings. The Morgan fingerprint density at radius 1 is 1.09 bits per heavy atom. The van der Waals surface area contributed by atoms with E-state index in [-0.39, 0.29) is 30.4 Å². The highest BCUT2D eigenvalue weighted by atomic mass is 32.1. The van der Waals surface area contributed by atoms with Gasteiger partial charge in [-0.15, -0.1) is 11.3 Å². The van der Waals surface area contributed by atoms with Gasteiger partial charge in [-0.3, -0.25) is 9.59 Å². The molecule has 1 aromatic heterocycles. The van der Waals surface area contributed by atoms with Gasteiger partial charge in [-0.05, 0) is 61.0 Å². The number of rotatable bonds is 9. The molecule has 2 aromatic carbocycles. The van der Waals surface area contributed by atoms with Gasteiger partial charge in [0, 0.05) is 23.0 Å². The van der Waals surface area contributed by atoms with Gasteiger partial charge in [0.2, 0.25) is 5.91 Å². The summed E-state index contributed by atoms with van der Waals surface area (Å²) in [6.07, 6.45) is 1.57. The van der Waals surface area contributed by atoms with Gasteiger partial charge >= 0.3 is 0 Å². The highest BCUT2D eigenvalue weighted by Crippen LogP contribution is 2.35. The summed E-state index contributed by atoms with van der Waals surface area (Å²) in [4.78, 5) is 31.8. The Morgan fingerprint density at radius 2 is 1.80 bits per heavy atom. The number of fused-ring (bicyclic) bond motifs is 1. The molecule has 0 unspecified atom stereocenters. The molecule has 0 N–H and O–H groups in total. The van der Waals surface area contributed by atoms with Gasteiger partial charge in [0.05, 0.1) is 13.2 Å². The van der Waals surface area contributed by atoms with Crippen LogP contribution < -0.4 is 9.47 Å². The van der Waals surface area contributed by atoms with E-state index in [2.05, 4.69) is 11.4 Å². The molecule has 2 atom stereocenters. The monoisotopic (exact) mass is 492 g/mol. The summed E-state index contributed by atoms with van der Waals surface area (Å²) < 4.78 is 11.6. The summed E-state index contributed by atoms with van der Waals surface area (Å²) in [5.41, 5.74) is 1.71. The Labute approximate surface area is 211 Å². The second kappa shape index (κ2) is 11.4. The fraction of sp³-hybridized carbons (Fsp3) is 0.357. The van der Waals surface area contributed by atoms with Crippen molar-refractivity contribution in [2.45, 2.75) is 38.8 Å². The third kappa shape index (κ3) is 5.51. The zero-order valence-corrected chi connectivity index (χ0v) is 21.3. The highest BCUT2D eigenvalue weighted by Gasteiger charge is 2.34. The molecule has 0 radical (unpaired) electrons. The maximum atomic E-state index is 13.7. The Balaban J connectivity index is 1.55. The number of nitrogens with zero attached hydrogens (tertiary/aromatic N) is 2. The van der Waals surface area contributed by atoms with Gasteiger partial charge in [-0.2, -0.15) is 0 Å². The lowest BCUT2D eigenvalue weighted by Gasteiger charge is -2.38. The smallest absolute Gasteiger partial charge is 0.254 e. The van der Waals surface area contributed by atoms with Crippen molar-refractivity contribution in [1.29, 1.82) is 0 Å². The van der Waals surface area contributed by atoms with Crippen LogP contribution in [0, 0.1) is 0 Å². The lowest BCUT2D eigenvalue weighted by molar-refractivity contribution is -0.136. The van der Waals surface area contributed by atoms with Crippen LogP contribution in [0.15, 0.2) is 66.0 Å². The summed E-state index contributed by atoms with van der Waals surface area (Å²) in [6.45, 7) is 4.96. The number of amides is 2. The van der Waals surface area contributed by atoms with Crippen molar-refractivity contribution in [3.8, 4) is 11.5 Å². The molecule has 2 amide bonds. The van der Waals surface area contributed by atoms with Crippen molar-refractivity contribution in [3.05, 3.63) is 82.0 Å². The zero-order valence-electron chi connectivity index (χ0n) is 20.5. The third-order valence-corrected chi connectivity index (χ3v) is 7.59. The Bertz CT molecular complexity index is 1150. The molecule has 6 nitrogen and oxygen atoms in total. The molecule has 1 aliphatic heterocycles. The number of hydrogen-bond acceptors (Lipinski definition) is 5. The van der Waals surface area contributed by atoms with E-state index in [1.165, 1.54) is 4.88 Å². The lowest BCUT2D eigenvalue weighted by Crippen LogP contribution is -2.49. The van der Waals surface area contributed by atoms with Crippen molar-refractivity contribution in [2.75, 3.05) is 26.8 Å². The lowest BCUT2D eigenvalue weighted by atomic mass is 10.00. The predicted octanol–water partition coefficient (Wildman–Crippen LogP) is 5.20. The first kappa shape index (κ1) is 24.8. The number of carbonyl (C=O) groups excluding carboxylic acids is 2. The molecule has 0 spiro atoms. The zero-order chi connectivity index (χ0) is 24.8. The van der Waals surface area contributed by atoms with Crippen LogP contribution in [-0.4, -0.2) is 54.5 Å². The number of para-hydroxylation sites is 2. The van der Waals surface area contributed by atoms with Crippen LogP contribution in [0.2, 0.25) is 0 Å². The molecular weight excluding hydrogens is 460 g/mol. The fourth-order valence-electron chi connectivity index (χ4n) is 4.41. The molecule has 0 saturated carbocycles. The van der Waals surface area contributed by atoms with Crippen molar-refractivity contribution < 1.29 is 19.1 Å². The minimum atomic E-state index is -0.229. The van der Waals surface area contributed by atoms with Crippen molar-refractivity contribution in [3.63, 3.8) is 0 Å². The molecular formula is C28H32N2O4S. The van der Waals surface area contributed by atoms with Crippen LogP contribution in [0.5, 0.6) is 11.5 Å². The second-order valence-electron chi connectivity index (χ2n) is 8.67. The summed E-state index contributed by atoms with van der Waals surface area (Å²) in [6, 6.07) is 18.5. The molecule has 2 heterocycles. The third-order valence-electron chi connectivity index (χ3n) is 6.59. The molecule has 184 valence electrons. The van der Waals surface area contributed by atoms with E-state index in [0.29, 0.717) is 30.2 Å². The van der Waals surface area contributed by atoms with Gasteiger partial charge < -0.3 is 19.3 Å². The van der Waals surface area contributed by atoms with E-state index in [1.807, 2.05) is 61.2 Å². The SMILES string of the molecule is CC[C@H](C)N(CC(=O)N1CCc2sccc2[C@@H]1COc1ccccc1OC)C(=O)c1ccccc1. The normalized spacial score (nSPS) is 15.7. The van der Waals surface area contributed by atoms with Gasteiger partial charge in [-0.1, -0.05) is 37.3 Å². The fourth-order valence-corrected chi connectivity index (χ4v) is 5.34. The number of benzene rings is 2. The van der Waals surface area contributed by atoms with Crippen molar-refractivity contribution >= 4 is 23.2 Å². The number of hydrogen-bond donors (Lipinski definition) is 0. The first-order valence-corrected chi connectivity index (χ1v) is 12.9. The first-order chi connectivity index (χ1) is 17.0. The quantitative estimate of drug-likeness (QED) is 0.412. The average molecular weight is 493 g/mol. The van der Waals surface area contributed by atoms with E-state index in [0.717, 1.165) is 18.4 Å². The summed E-state index contributed by atoms with van der Waals surface area (Å²) >= 11 is 1.71. The van der Waals surface area contributed by atoms with Crippen LogP contribution in [0.25, 0.3) is 0 Å². The minimum Gasteiger partial charge on any atom is -0.493 e. The number of ether oxygens (including phenoxy) is 2. The highest BCUT2D eigenvalue weighted by molar-refractivity contribution is 7.10. The molecule has 0 bridgehead atoms. The summed E-state index contributed by atoms with van der Waals surface area (Å²) in [7, 11) is 1.61. The van der Waals surface area contributed by atoms with Crippen molar-refractivity contribution in [2.24, 2.45) is 0 Å². The maximum absolute atomic E-state index is 13.7. The molecule has 0 aliphatic carbocycles. The molecule has 35 heavy (non-hydrogen) atoms. The standard InChI is InChI=1S/C28H32N2O4S/c1-4-20(2)30(28(32)21-10-6-5-7-11-21)18-27(31)29-16-14-26-22(15-17-35-26)23(29)19-34-25-13-9-8-12-24(25)33-3/h5-13,15,17,20,23H,4,14,16,18-19H2,1-3H3/t20-,23-/m0/s1. The van der Waals surface area contributed by atoms with Gasteiger partial charge in [-0.25, -0.2) is 0 Å². The molecule has 1 aliphatic rings. The Hall–Kier alpha value is -3.32. The largest absolute Gasteiger partial charge is 0.493 e. The average Bonchev–Trinajstić information content (AvgIpc) is 3.39. The first-order valence-electron chi connectivity index (χ1n) is 12.0. The van der Waals surface area contributed by atoms with Gasteiger partial charge in [0.15, 0.2) is 11.5 Å². The molecule has 3 aromatic rings. The molecule has 4 rings (SSSR count). The number of methoxy groups -OCH3 is 1. The maximum Gasteiger partial charge on any atom is 0.254 e. The number of thiophene rings is 1. The van der Waals surface area contributed by atoms with E-state index in [4.69, 9.17) is 9.47 Å². The van der Waals surface area contributed by atoms with E-state index in [1.54, 1.807) is 35.5 Å². The topological polar surface area (TPSA) is 59.1 Å². The summed E-state index contributed by atoms with van der Waals surface area (Å²) in [5, 5.41) is 2.07. The van der Waals surface area contributed by atoms with Crippen LogP contribution in [0.4, 0.5) is 0 Å². The number of carbonyl (C=O) groups is 2. The van der Waals surface area contributed by atoms with Crippen molar-refractivity contribution in [1.82, 2.24) is 9.80 Å². The van der Waals surface area contributed by atoms with Crippen LogP contribution in [0.3, 0.4) is 0 Å². The second-order valence-corrected chi connectivity index (χ2v) is 9.67. The Kier molecular flexibility index (Phi) is 8.08. The minimum absolute atomic E-state index is 0.0351. The molecule has 7 heteroatoms.